The number of carbonyl (C=O) groups excluding carboxylic acids is 1. The van der Waals surface area contributed by atoms with Crippen LogP contribution in [0.25, 0.3) is 0 Å². The average Bonchev–Trinajstić information content (AvgIpc) is 2.92. The molecule has 0 spiro atoms. The summed E-state index contributed by atoms with van der Waals surface area (Å²) in [5.74, 6) is 2.05. The molecule has 8 nitrogen and oxygen atoms in total. The molecule has 37 heavy (non-hydrogen) atoms. The summed E-state index contributed by atoms with van der Waals surface area (Å²) in [5.41, 5.74) is 3.53. The number of hydrogen-bond acceptors (Lipinski definition) is 7. The van der Waals surface area contributed by atoms with Crippen molar-refractivity contribution < 1.29 is 23.7 Å². The summed E-state index contributed by atoms with van der Waals surface area (Å²) in [4.78, 5) is 13.7. The zero-order chi connectivity index (χ0) is 26.0. The number of hydrogen-bond donors (Lipinski definition) is 2. The van der Waals surface area contributed by atoms with Crippen molar-refractivity contribution in [3.63, 3.8) is 0 Å². The van der Waals surface area contributed by atoms with E-state index in [1.807, 2.05) is 12.1 Å². The molecule has 1 amide bonds. The Morgan fingerprint density at radius 2 is 2.03 bits per heavy atom. The van der Waals surface area contributed by atoms with Gasteiger partial charge in [-0.05, 0) is 54.7 Å². The largest absolute Gasteiger partial charge is 0.497 e. The normalized spacial score (nSPS) is 21.2. The Morgan fingerprint density at radius 3 is 2.78 bits per heavy atom. The maximum Gasteiger partial charge on any atom is 0.216 e. The molecule has 2 N–H and O–H groups in total. The Balaban J connectivity index is 1.43. The molecule has 8 heteroatoms. The van der Waals surface area contributed by atoms with E-state index in [1.165, 1.54) is 5.56 Å². The zero-order valence-corrected chi connectivity index (χ0v) is 22.3. The molecule has 0 aromatic heterocycles. The van der Waals surface area contributed by atoms with E-state index >= 15 is 0 Å². The number of benzene rings is 2. The average molecular weight is 512 g/mol. The molecule has 3 atom stereocenters. The molecule has 0 aliphatic carbocycles. The lowest BCUT2D eigenvalue weighted by molar-refractivity contribution is -0.119. The summed E-state index contributed by atoms with van der Waals surface area (Å²) < 4.78 is 23.1. The highest BCUT2D eigenvalue weighted by Crippen LogP contribution is 2.35. The third-order valence-corrected chi connectivity index (χ3v) is 7.23. The molecule has 2 aliphatic rings. The molecule has 1 unspecified atom stereocenters. The summed E-state index contributed by atoms with van der Waals surface area (Å²) in [6, 6.07) is 15.0. The van der Waals surface area contributed by atoms with Crippen LogP contribution in [-0.2, 0) is 20.9 Å². The van der Waals surface area contributed by atoms with Gasteiger partial charge in [-0.3, -0.25) is 4.79 Å². The minimum Gasteiger partial charge on any atom is -0.497 e. The van der Waals surface area contributed by atoms with E-state index in [2.05, 4.69) is 45.9 Å². The maximum absolute atomic E-state index is 11.3. The highest BCUT2D eigenvalue weighted by atomic mass is 16.5. The summed E-state index contributed by atoms with van der Waals surface area (Å²) in [6.45, 7) is 6.82. The molecule has 0 saturated carbocycles. The van der Waals surface area contributed by atoms with Crippen molar-refractivity contribution in [2.45, 2.75) is 50.9 Å². The number of nitrogens with one attached hydrogen (secondary N) is 2. The number of nitrogens with zero attached hydrogens (tertiary/aromatic N) is 1. The van der Waals surface area contributed by atoms with Gasteiger partial charge in [0.1, 0.15) is 18.1 Å². The number of amides is 1. The van der Waals surface area contributed by atoms with Crippen LogP contribution < -0.4 is 25.0 Å². The fourth-order valence-corrected chi connectivity index (χ4v) is 5.23. The van der Waals surface area contributed by atoms with Gasteiger partial charge in [0.25, 0.3) is 0 Å². The summed E-state index contributed by atoms with van der Waals surface area (Å²) in [5, 5.41) is 6.56. The van der Waals surface area contributed by atoms with E-state index in [9.17, 15) is 4.79 Å². The van der Waals surface area contributed by atoms with Crippen molar-refractivity contribution in [1.82, 2.24) is 10.6 Å². The Morgan fingerprint density at radius 1 is 1.19 bits per heavy atom. The van der Waals surface area contributed by atoms with Crippen molar-refractivity contribution in [1.29, 1.82) is 0 Å². The Kier molecular flexibility index (Phi) is 10.0. The minimum atomic E-state index is 0.0106. The first-order chi connectivity index (χ1) is 18.1. The molecule has 4 rings (SSSR count). The second-order valence-corrected chi connectivity index (χ2v) is 9.83. The predicted molar refractivity (Wildman–Crippen MR) is 145 cm³/mol. The molecule has 1 saturated heterocycles. The molecule has 2 aliphatic heterocycles. The smallest absolute Gasteiger partial charge is 0.216 e. The van der Waals surface area contributed by atoms with Gasteiger partial charge in [0.2, 0.25) is 5.91 Å². The van der Waals surface area contributed by atoms with Crippen LogP contribution in [0.5, 0.6) is 11.5 Å². The van der Waals surface area contributed by atoms with Crippen molar-refractivity contribution in [3.8, 4) is 11.5 Å². The Hall–Kier alpha value is -2.81. The number of fused-ring (bicyclic) bond motifs is 1. The molecule has 202 valence electrons. The van der Waals surface area contributed by atoms with Crippen LogP contribution in [0.2, 0.25) is 0 Å². The van der Waals surface area contributed by atoms with Crippen LogP contribution in [-0.4, -0.2) is 71.7 Å². The molecule has 2 aromatic carbocycles. The zero-order valence-electron chi connectivity index (χ0n) is 22.3. The summed E-state index contributed by atoms with van der Waals surface area (Å²) in [6.07, 6.45) is 2.86. The van der Waals surface area contributed by atoms with Crippen molar-refractivity contribution in [3.05, 3.63) is 53.6 Å². The van der Waals surface area contributed by atoms with Crippen LogP contribution in [0.1, 0.15) is 43.2 Å². The maximum atomic E-state index is 11.3. The van der Waals surface area contributed by atoms with Gasteiger partial charge in [0, 0.05) is 52.2 Å². The van der Waals surface area contributed by atoms with Crippen molar-refractivity contribution in [2.24, 2.45) is 0 Å². The number of carbonyl (C=O) groups is 1. The molecule has 0 radical (unpaired) electrons. The van der Waals surface area contributed by atoms with Crippen molar-refractivity contribution in [2.75, 3.05) is 58.5 Å². The fourth-order valence-electron chi connectivity index (χ4n) is 5.23. The van der Waals surface area contributed by atoms with E-state index in [1.54, 1.807) is 21.1 Å². The van der Waals surface area contributed by atoms with E-state index < -0.39 is 0 Å². The third kappa shape index (κ3) is 7.60. The fraction of sp³-hybridized carbons (Fsp3) is 0.552. The molecular weight excluding hydrogens is 470 g/mol. The van der Waals surface area contributed by atoms with Gasteiger partial charge >= 0.3 is 0 Å². The number of anilines is 1. The topological polar surface area (TPSA) is 81.3 Å². The summed E-state index contributed by atoms with van der Waals surface area (Å²) in [7, 11) is 3.43. The van der Waals surface area contributed by atoms with Gasteiger partial charge in [-0.15, -0.1) is 0 Å². The van der Waals surface area contributed by atoms with E-state index in [4.69, 9.17) is 18.9 Å². The lowest BCUT2D eigenvalue weighted by Crippen LogP contribution is -2.48. The van der Waals surface area contributed by atoms with Gasteiger partial charge in [0.15, 0.2) is 0 Å². The second kappa shape index (κ2) is 13.7. The summed E-state index contributed by atoms with van der Waals surface area (Å²) >= 11 is 0. The third-order valence-electron chi connectivity index (χ3n) is 7.23. The van der Waals surface area contributed by atoms with Gasteiger partial charge in [-0.2, -0.15) is 0 Å². The Bertz CT molecular complexity index is 1000. The molecule has 2 aromatic rings. The SMILES string of the molecule is COCCCN1CCOc2ccc(CO[C@H]3CN[C@@H](CCNC(C)=O)CC3c3ccc(OC)cc3)cc21. The molecular formula is C29H41N3O5. The van der Waals surface area contributed by atoms with Crippen LogP contribution in [0, 0.1) is 0 Å². The van der Waals surface area contributed by atoms with Gasteiger partial charge in [-0.1, -0.05) is 18.2 Å². The van der Waals surface area contributed by atoms with E-state index in [-0.39, 0.29) is 17.9 Å². The van der Waals surface area contributed by atoms with Crippen LogP contribution in [0.3, 0.4) is 0 Å². The monoisotopic (exact) mass is 511 g/mol. The second-order valence-electron chi connectivity index (χ2n) is 9.83. The lowest BCUT2D eigenvalue weighted by atomic mass is 9.83. The van der Waals surface area contributed by atoms with Crippen molar-refractivity contribution >= 4 is 11.6 Å². The minimum absolute atomic E-state index is 0.0106. The lowest BCUT2D eigenvalue weighted by Gasteiger charge is -2.37. The predicted octanol–water partition coefficient (Wildman–Crippen LogP) is 3.49. The van der Waals surface area contributed by atoms with Gasteiger partial charge in [0.05, 0.1) is 32.1 Å². The first kappa shape index (κ1) is 27.2. The molecule has 0 bridgehead atoms. The highest BCUT2D eigenvalue weighted by Gasteiger charge is 2.32. The van der Waals surface area contributed by atoms with Gasteiger partial charge < -0.3 is 34.5 Å². The quantitative estimate of drug-likeness (QED) is 0.422. The molecule has 2 heterocycles. The highest BCUT2D eigenvalue weighted by molar-refractivity contribution is 5.72. The molecule has 1 fully saturated rings. The standard InChI is InChI=1S/C29H41N3O5/c1-21(33)30-12-11-24-18-26(23-6-8-25(35-3)9-7-23)29(19-31-24)37-20-22-5-10-28-27(17-22)32(14-16-36-28)13-4-15-34-2/h5-10,17,24,26,29,31H,4,11-16,18-20H2,1-3H3,(H,30,33)/t24-,26?,29-/m0/s1. The Labute approximate surface area is 220 Å². The number of rotatable bonds is 12. The number of methoxy groups -OCH3 is 2. The van der Waals surface area contributed by atoms with E-state index in [0.717, 1.165) is 68.3 Å². The van der Waals surface area contributed by atoms with Crippen LogP contribution >= 0.6 is 0 Å². The first-order valence-corrected chi connectivity index (χ1v) is 13.3. The van der Waals surface area contributed by atoms with Crippen LogP contribution in [0.4, 0.5) is 5.69 Å². The van der Waals surface area contributed by atoms with Gasteiger partial charge in [-0.25, -0.2) is 0 Å². The van der Waals surface area contributed by atoms with E-state index in [0.29, 0.717) is 25.8 Å². The number of ether oxygens (including phenoxy) is 4. The first-order valence-electron chi connectivity index (χ1n) is 13.3. The van der Waals surface area contributed by atoms with Crippen LogP contribution in [0.15, 0.2) is 42.5 Å². The number of piperidine rings is 1.